The molecule has 0 radical (unpaired) electrons. The molecule has 0 aliphatic rings. The summed E-state index contributed by atoms with van der Waals surface area (Å²) in [5, 5.41) is 4.19. The topological polar surface area (TPSA) is 17.8 Å². The molecule has 0 N–H and O–H groups in total. The number of nitrogens with zero attached hydrogens (tertiary/aromatic N) is 2. The quantitative estimate of drug-likeness (QED) is 0.718. The third-order valence-corrected chi connectivity index (χ3v) is 2.49. The van der Waals surface area contributed by atoms with Crippen LogP contribution in [0, 0.1) is 5.82 Å². The summed E-state index contributed by atoms with van der Waals surface area (Å²) in [5.41, 5.74) is 1.44. The Bertz CT molecular complexity index is 495. The smallest absolute Gasteiger partial charge is 0.148 e. The summed E-state index contributed by atoms with van der Waals surface area (Å²) >= 11 is 0. The van der Waals surface area contributed by atoms with E-state index in [4.69, 9.17) is 0 Å². The zero-order valence-corrected chi connectivity index (χ0v) is 9.74. The Balaban J connectivity index is 2.58. The zero-order chi connectivity index (χ0) is 11.8. The average Bonchev–Trinajstić information content (AvgIpc) is 2.66. The fraction of sp³-hybridized carbons (Fsp3) is 0.308. The molecule has 0 atom stereocenters. The maximum atomic E-state index is 13.7. The van der Waals surface area contributed by atoms with Gasteiger partial charge in [-0.25, -0.2) is 9.07 Å². The highest BCUT2D eigenvalue weighted by molar-refractivity contribution is 5.35. The van der Waals surface area contributed by atoms with Crippen molar-refractivity contribution in [3.05, 3.63) is 48.0 Å². The van der Waals surface area contributed by atoms with Gasteiger partial charge in [0.05, 0.1) is 0 Å². The Morgan fingerprint density at radius 1 is 1.12 bits per heavy atom. The molecule has 1 aromatic carbocycles. The van der Waals surface area contributed by atoms with Gasteiger partial charge in [0.1, 0.15) is 11.5 Å². The molecule has 0 fully saturated rings. The molecular formula is C13H15FN2. The standard InChI is InChI=1S/C13H15FN2/c1-13(2,3)12-8-9-15-16(12)11-7-5-4-6-10(11)14/h4-9H,1-3H3. The SMILES string of the molecule is CC(C)(C)c1ccnn1-c1ccccc1F. The Labute approximate surface area is 94.7 Å². The lowest BCUT2D eigenvalue weighted by molar-refractivity contribution is 0.532. The molecule has 0 saturated carbocycles. The first kappa shape index (κ1) is 10.9. The maximum Gasteiger partial charge on any atom is 0.148 e. The van der Waals surface area contributed by atoms with E-state index in [0.29, 0.717) is 5.69 Å². The first-order valence-electron chi connectivity index (χ1n) is 5.29. The monoisotopic (exact) mass is 218 g/mol. The fourth-order valence-corrected chi connectivity index (χ4v) is 1.69. The molecule has 84 valence electrons. The Kier molecular flexibility index (Phi) is 2.54. The number of aromatic nitrogens is 2. The predicted molar refractivity (Wildman–Crippen MR) is 62.2 cm³/mol. The molecule has 2 aromatic rings. The van der Waals surface area contributed by atoms with E-state index in [0.717, 1.165) is 5.69 Å². The van der Waals surface area contributed by atoms with Crippen LogP contribution in [0.15, 0.2) is 36.5 Å². The van der Waals surface area contributed by atoms with E-state index in [1.807, 2.05) is 12.1 Å². The molecule has 0 unspecified atom stereocenters. The lowest BCUT2D eigenvalue weighted by Crippen LogP contribution is -2.18. The molecule has 2 rings (SSSR count). The normalized spacial score (nSPS) is 11.8. The Morgan fingerprint density at radius 2 is 1.81 bits per heavy atom. The number of hydrogen-bond acceptors (Lipinski definition) is 1. The second-order valence-electron chi connectivity index (χ2n) is 4.83. The minimum absolute atomic E-state index is 0.0568. The first-order valence-corrected chi connectivity index (χ1v) is 5.29. The molecular weight excluding hydrogens is 203 g/mol. The second kappa shape index (κ2) is 3.74. The van der Waals surface area contributed by atoms with Crippen LogP contribution in [0.25, 0.3) is 5.69 Å². The van der Waals surface area contributed by atoms with Crippen LogP contribution in [0.2, 0.25) is 0 Å². The molecule has 1 heterocycles. The number of benzene rings is 1. The van der Waals surface area contributed by atoms with Gasteiger partial charge in [0.25, 0.3) is 0 Å². The highest BCUT2D eigenvalue weighted by Gasteiger charge is 2.20. The summed E-state index contributed by atoms with van der Waals surface area (Å²) < 4.78 is 15.3. The van der Waals surface area contributed by atoms with Crippen molar-refractivity contribution in [3.63, 3.8) is 0 Å². The molecule has 1 aromatic heterocycles. The van der Waals surface area contributed by atoms with Crippen molar-refractivity contribution in [2.45, 2.75) is 26.2 Å². The van der Waals surface area contributed by atoms with Gasteiger partial charge in [0.2, 0.25) is 0 Å². The van der Waals surface area contributed by atoms with E-state index in [-0.39, 0.29) is 11.2 Å². The third-order valence-electron chi connectivity index (χ3n) is 2.49. The van der Waals surface area contributed by atoms with Gasteiger partial charge < -0.3 is 0 Å². The Morgan fingerprint density at radius 3 is 2.44 bits per heavy atom. The van der Waals surface area contributed by atoms with Crippen LogP contribution in [0.1, 0.15) is 26.5 Å². The number of para-hydroxylation sites is 1. The molecule has 16 heavy (non-hydrogen) atoms. The molecule has 3 heteroatoms. The summed E-state index contributed by atoms with van der Waals surface area (Å²) in [6, 6.07) is 8.60. The van der Waals surface area contributed by atoms with Gasteiger partial charge in [-0.3, -0.25) is 0 Å². The molecule has 2 nitrogen and oxygen atoms in total. The van der Waals surface area contributed by atoms with E-state index < -0.39 is 0 Å². The van der Waals surface area contributed by atoms with Crippen molar-refractivity contribution < 1.29 is 4.39 Å². The van der Waals surface area contributed by atoms with Crippen LogP contribution >= 0.6 is 0 Å². The van der Waals surface area contributed by atoms with Crippen LogP contribution in [-0.4, -0.2) is 9.78 Å². The zero-order valence-electron chi connectivity index (χ0n) is 9.74. The van der Waals surface area contributed by atoms with Crippen molar-refractivity contribution in [3.8, 4) is 5.69 Å². The minimum atomic E-state index is -0.253. The van der Waals surface area contributed by atoms with Crippen LogP contribution < -0.4 is 0 Å². The largest absolute Gasteiger partial charge is 0.234 e. The van der Waals surface area contributed by atoms with E-state index in [1.54, 1.807) is 23.0 Å². The van der Waals surface area contributed by atoms with E-state index >= 15 is 0 Å². The highest BCUT2D eigenvalue weighted by Crippen LogP contribution is 2.25. The average molecular weight is 218 g/mol. The van der Waals surface area contributed by atoms with Crippen LogP contribution in [0.5, 0.6) is 0 Å². The van der Waals surface area contributed by atoms with Crippen molar-refractivity contribution in [1.82, 2.24) is 9.78 Å². The Hall–Kier alpha value is -1.64. The van der Waals surface area contributed by atoms with E-state index in [9.17, 15) is 4.39 Å². The van der Waals surface area contributed by atoms with Gasteiger partial charge in [-0.2, -0.15) is 5.10 Å². The van der Waals surface area contributed by atoms with Crippen molar-refractivity contribution in [2.75, 3.05) is 0 Å². The lowest BCUT2D eigenvalue weighted by Gasteiger charge is -2.20. The van der Waals surface area contributed by atoms with Crippen LogP contribution in [-0.2, 0) is 5.41 Å². The second-order valence-corrected chi connectivity index (χ2v) is 4.83. The highest BCUT2D eigenvalue weighted by atomic mass is 19.1. The molecule has 0 saturated heterocycles. The molecule has 0 aliphatic carbocycles. The lowest BCUT2D eigenvalue weighted by atomic mass is 9.92. The van der Waals surface area contributed by atoms with Gasteiger partial charge >= 0.3 is 0 Å². The van der Waals surface area contributed by atoms with Crippen LogP contribution in [0.4, 0.5) is 4.39 Å². The van der Waals surface area contributed by atoms with Gasteiger partial charge in [0.15, 0.2) is 0 Å². The van der Waals surface area contributed by atoms with Crippen molar-refractivity contribution >= 4 is 0 Å². The molecule has 0 bridgehead atoms. The van der Waals surface area contributed by atoms with E-state index in [2.05, 4.69) is 25.9 Å². The fourth-order valence-electron chi connectivity index (χ4n) is 1.69. The number of halogens is 1. The summed E-state index contributed by atoms with van der Waals surface area (Å²) in [5.74, 6) is -0.253. The molecule has 0 spiro atoms. The van der Waals surface area contributed by atoms with Crippen LogP contribution in [0.3, 0.4) is 0 Å². The number of hydrogen-bond donors (Lipinski definition) is 0. The van der Waals surface area contributed by atoms with E-state index in [1.165, 1.54) is 6.07 Å². The number of rotatable bonds is 1. The van der Waals surface area contributed by atoms with Crippen molar-refractivity contribution in [1.29, 1.82) is 0 Å². The minimum Gasteiger partial charge on any atom is -0.234 e. The van der Waals surface area contributed by atoms with Gasteiger partial charge in [-0.05, 0) is 18.2 Å². The maximum absolute atomic E-state index is 13.7. The van der Waals surface area contributed by atoms with Crippen molar-refractivity contribution in [2.24, 2.45) is 0 Å². The third kappa shape index (κ3) is 1.85. The first-order chi connectivity index (χ1) is 7.50. The summed E-state index contributed by atoms with van der Waals surface area (Å²) in [6.07, 6.45) is 1.70. The van der Waals surface area contributed by atoms with Gasteiger partial charge in [0, 0.05) is 17.3 Å². The molecule has 0 amide bonds. The predicted octanol–water partition coefficient (Wildman–Crippen LogP) is 3.31. The van der Waals surface area contributed by atoms with Gasteiger partial charge in [-0.15, -0.1) is 0 Å². The summed E-state index contributed by atoms with van der Waals surface area (Å²) in [6.45, 7) is 6.25. The summed E-state index contributed by atoms with van der Waals surface area (Å²) in [4.78, 5) is 0. The summed E-state index contributed by atoms with van der Waals surface area (Å²) in [7, 11) is 0. The van der Waals surface area contributed by atoms with Gasteiger partial charge in [-0.1, -0.05) is 32.9 Å². The molecule has 0 aliphatic heterocycles.